The van der Waals surface area contributed by atoms with Gasteiger partial charge in [0, 0.05) is 5.69 Å². The number of anilines is 1. The lowest BCUT2D eigenvalue weighted by atomic mass is 10.1. The first-order valence-electron chi connectivity index (χ1n) is 8.71. The molecule has 3 aromatic rings. The van der Waals surface area contributed by atoms with E-state index in [1.54, 1.807) is 18.2 Å². The molecule has 0 atom stereocenters. The molecular formula is C23H16I2N2O2. The zero-order chi connectivity index (χ0) is 20.6. The Hall–Kier alpha value is -2.38. The highest BCUT2D eigenvalue weighted by molar-refractivity contribution is 14.1. The molecule has 0 unspecified atom stereocenters. The molecule has 144 valence electrons. The first-order valence-corrected chi connectivity index (χ1v) is 10.9. The van der Waals surface area contributed by atoms with Crippen molar-refractivity contribution in [1.29, 1.82) is 5.26 Å². The highest BCUT2D eigenvalue weighted by atomic mass is 127. The van der Waals surface area contributed by atoms with Gasteiger partial charge in [-0.2, -0.15) is 5.26 Å². The second kappa shape index (κ2) is 10.4. The van der Waals surface area contributed by atoms with Gasteiger partial charge in [-0.25, -0.2) is 0 Å². The van der Waals surface area contributed by atoms with Crippen LogP contribution in [0.1, 0.15) is 11.1 Å². The maximum Gasteiger partial charge on any atom is 0.266 e. The highest BCUT2D eigenvalue weighted by Crippen LogP contribution is 2.30. The fourth-order valence-corrected chi connectivity index (χ4v) is 4.69. The summed E-state index contributed by atoms with van der Waals surface area (Å²) in [4.78, 5) is 12.4. The molecule has 0 aliphatic heterocycles. The number of nitrogens with zero attached hydrogens (tertiary/aromatic N) is 1. The van der Waals surface area contributed by atoms with E-state index in [1.165, 1.54) is 0 Å². The van der Waals surface area contributed by atoms with Crippen LogP contribution in [0.3, 0.4) is 0 Å². The molecule has 3 rings (SSSR count). The highest BCUT2D eigenvalue weighted by Gasteiger charge is 2.12. The van der Waals surface area contributed by atoms with Crippen molar-refractivity contribution >= 4 is 62.9 Å². The number of rotatable bonds is 6. The average molecular weight is 606 g/mol. The maximum absolute atomic E-state index is 12.4. The topological polar surface area (TPSA) is 62.1 Å². The Bertz CT molecular complexity index is 1050. The van der Waals surface area contributed by atoms with Crippen molar-refractivity contribution in [2.75, 3.05) is 5.32 Å². The third kappa shape index (κ3) is 6.05. The molecule has 0 saturated heterocycles. The SMILES string of the molecule is N#C/C(=C\c1cc(I)c(OCc2ccccc2)c(I)c1)C(=O)Nc1ccccc1. The van der Waals surface area contributed by atoms with Crippen molar-refractivity contribution in [3.05, 3.63) is 96.6 Å². The quantitative estimate of drug-likeness (QED) is 0.212. The van der Waals surface area contributed by atoms with Gasteiger partial charge in [0.05, 0.1) is 7.14 Å². The molecule has 1 N–H and O–H groups in total. The Labute approximate surface area is 196 Å². The lowest BCUT2D eigenvalue weighted by Crippen LogP contribution is -2.13. The lowest BCUT2D eigenvalue weighted by molar-refractivity contribution is -0.112. The Kier molecular flexibility index (Phi) is 7.66. The number of carbonyl (C=O) groups is 1. The molecule has 4 nitrogen and oxygen atoms in total. The van der Waals surface area contributed by atoms with E-state index >= 15 is 0 Å². The third-order valence-electron chi connectivity index (χ3n) is 3.95. The van der Waals surface area contributed by atoms with E-state index in [0.29, 0.717) is 12.3 Å². The van der Waals surface area contributed by atoms with Gasteiger partial charge in [0.25, 0.3) is 5.91 Å². The van der Waals surface area contributed by atoms with Crippen LogP contribution in [0.2, 0.25) is 0 Å². The fourth-order valence-electron chi connectivity index (χ4n) is 2.57. The normalized spacial score (nSPS) is 10.9. The average Bonchev–Trinajstić information content (AvgIpc) is 2.73. The summed E-state index contributed by atoms with van der Waals surface area (Å²) in [7, 11) is 0. The summed E-state index contributed by atoms with van der Waals surface area (Å²) < 4.78 is 7.81. The maximum atomic E-state index is 12.4. The van der Waals surface area contributed by atoms with Crippen molar-refractivity contribution in [1.82, 2.24) is 0 Å². The van der Waals surface area contributed by atoms with Gasteiger partial charge in [0.15, 0.2) is 0 Å². The van der Waals surface area contributed by atoms with Crippen LogP contribution in [-0.2, 0) is 11.4 Å². The minimum atomic E-state index is -0.437. The molecule has 1 amide bonds. The summed E-state index contributed by atoms with van der Waals surface area (Å²) in [6.07, 6.45) is 1.59. The van der Waals surface area contributed by atoms with Crippen molar-refractivity contribution in [2.45, 2.75) is 6.61 Å². The van der Waals surface area contributed by atoms with Gasteiger partial charge in [0.2, 0.25) is 0 Å². The van der Waals surface area contributed by atoms with Crippen LogP contribution in [0, 0.1) is 18.5 Å². The molecule has 0 spiro atoms. The van der Waals surface area contributed by atoms with Crippen LogP contribution in [0.4, 0.5) is 5.69 Å². The number of ether oxygens (including phenoxy) is 1. The Morgan fingerprint density at radius 2 is 1.59 bits per heavy atom. The van der Waals surface area contributed by atoms with Crippen molar-refractivity contribution in [2.24, 2.45) is 0 Å². The fraction of sp³-hybridized carbons (Fsp3) is 0.0435. The number of amides is 1. The predicted octanol–water partition coefficient (Wildman–Crippen LogP) is 6.02. The minimum absolute atomic E-state index is 0.0402. The number of hydrogen-bond acceptors (Lipinski definition) is 3. The molecular weight excluding hydrogens is 590 g/mol. The molecule has 29 heavy (non-hydrogen) atoms. The van der Waals surface area contributed by atoms with E-state index in [4.69, 9.17) is 4.74 Å². The largest absolute Gasteiger partial charge is 0.487 e. The van der Waals surface area contributed by atoms with Crippen LogP contribution in [0.15, 0.2) is 78.4 Å². The number of hydrogen-bond donors (Lipinski definition) is 1. The number of nitrogens with one attached hydrogen (secondary N) is 1. The number of halogens is 2. The van der Waals surface area contributed by atoms with E-state index in [1.807, 2.05) is 66.7 Å². The van der Waals surface area contributed by atoms with Crippen molar-refractivity contribution in [3.63, 3.8) is 0 Å². The van der Waals surface area contributed by atoms with Gasteiger partial charge < -0.3 is 10.1 Å². The molecule has 6 heteroatoms. The van der Waals surface area contributed by atoms with E-state index in [9.17, 15) is 10.1 Å². The standard InChI is InChI=1S/C23H16I2N2O2/c24-20-12-17(11-18(14-26)23(28)27-19-9-5-2-6-10-19)13-21(25)22(20)29-15-16-7-3-1-4-8-16/h1-13H,15H2,(H,27,28)/b18-11+. The Morgan fingerprint density at radius 3 is 2.17 bits per heavy atom. The monoisotopic (exact) mass is 606 g/mol. The van der Waals surface area contributed by atoms with Gasteiger partial charge in [0.1, 0.15) is 24.0 Å². The molecule has 3 aromatic carbocycles. The van der Waals surface area contributed by atoms with Crippen molar-refractivity contribution < 1.29 is 9.53 Å². The summed E-state index contributed by atoms with van der Waals surface area (Å²) in [6.45, 7) is 0.477. The summed E-state index contributed by atoms with van der Waals surface area (Å²) >= 11 is 4.41. The number of nitriles is 1. The molecule has 0 radical (unpaired) electrons. The summed E-state index contributed by atoms with van der Waals surface area (Å²) in [5.74, 6) is 0.354. The summed E-state index contributed by atoms with van der Waals surface area (Å²) in [5.41, 5.74) is 2.55. The number of benzene rings is 3. The van der Waals surface area contributed by atoms with Crippen LogP contribution >= 0.6 is 45.2 Å². The van der Waals surface area contributed by atoms with E-state index in [-0.39, 0.29) is 5.57 Å². The zero-order valence-electron chi connectivity index (χ0n) is 15.2. The zero-order valence-corrected chi connectivity index (χ0v) is 19.5. The second-order valence-corrected chi connectivity index (χ2v) is 8.40. The van der Waals surface area contributed by atoms with Gasteiger partial charge in [-0.3, -0.25) is 4.79 Å². The lowest BCUT2D eigenvalue weighted by Gasteiger charge is -2.12. The molecule has 0 saturated carbocycles. The van der Waals surface area contributed by atoms with Crippen LogP contribution < -0.4 is 10.1 Å². The number of para-hydroxylation sites is 1. The van der Waals surface area contributed by atoms with E-state index in [0.717, 1.165) is 24.0 Å². The molecule has 0 fully saturated rings. The first kappa shape index (κ1) is 21.3. The van der Waals surface area contributed by atoms with E-state index < -0.39 is 5.91 Å². The minimum Gasteiger partial charge on any atom is -0.487 e. The van der Waals surface area contributed by atoms with Crippen LogP contribution in [0.25, 0.3) is 6.08 Å². The molecule has 0 aliphatic carbocycles. The van der Waals surface area contributed by atoms with Gasteiger partial charge in [-0.15, -0.1) is 0 Å². The second-order valence-electron chi connectivity index (χ2n) is 6.08. The molecule has 0 aliphatic rings. The predicted molar refractivity (Wildman–Crippen MR) is 131 cm³/mol. The molecule has 0 bridgehead atoms. The van der Waals surface area contributed by atoms with Gasteiger partial charge in [-0.05, 0) is 86.7 Å². The van der Waals surface area contributed by atoms with Crippen LogP contribution in [0.5, 0.6) is 5.75 Å². The van der Waals surface area contributed by atoms with Crippen LogP contribution in [-0.4, -0.2) is 5.91 Å². The molecule has 0 heterocycles. The molecule has 0 aromatic heterocycles. The Balaban J connectivity index is 1.77. The number of carbonyl (C=O) groups excluding carboxylic acids is 1. The first-order chi connectivity index (χ1) is 14.1. The van der Waals surface area contributed by atoms with Gasteiger partial charge in [-0.1, -0.05) is 48.5 Å². The van der Waals surface area contributed by atoms with E-state index in [2.05, 4.69) is 50.5 Å². The smallest absolute Gasteiger partial charge is 0.266 e. The third-order valence-corrected chi connectivity index (χ3v) is 5.56. The Morgan fingerprint density at radius 1 is 1.00 bits per heavy atom. The summed E-state index contributed by atoms with van der Waals surface area (Å²) in [5, 5.41) is 12.2. The van der Waals surface area contributed by atoms with Crippen molar-refractivity contribution in [3.8, 4) is 11.8 Å². The summed E-state index contributed by atoms with van der Waals surface area (Å²) in [6, 6.07) is 24.8. The van der Waals surface area contributed by atoms with Gasteiger partial charge >= 0.3 is 0 Å².